The average molecular weight is 314 g/mol. The molecule has 0 radical (unpaired) electrons. The Labute approximate surface area is 135 Å². The van der Waals surface area contributed by atoms with Crippen LogP contribution < -0.4 is 15.8 Å². The number of hydrogen-bond donors (Lipinski definition) is 2. The Kier molecular flexibility index (Phi) is 4.48. The fourth-order valence-electron chi connectivity index (χ4n) is 3.30. The Morgan fingerprint density at radius 3 is 2.83 bits per heavy atom. The summed E-state index contributed by atoms with van der Waals surface area (Å²) < 4.78 is 0. The summed E-state index contributed by atoms with van der Waals surface area (Å²) in [6.45, 7) is 3.02. The van der Waals surface area contributed by atoms with E-state index in [-0.39, 0.29) is 18.4 Å². The van der Waals surface area contributed by atoms with Crippen molar-refractivity contribution in [2.75, 3.05) is 25.0 Å². The van der Waals surface area contributed by atoms with Crippen LogP contribution in [0.3, 0.4) is 0 Å². The maximum absolute atomic E-state index is 12.7. The number of hydrogen-bond acceptors (Lipinski definition) is 4. The largest absolute Gasteiger partial charge is 0.395 e. The molecule has 1 aliphatic carbocycles. The van der Waals surface area contributed by atoms with E-state index in [1.54, 1.807) is 6.07 Å². The van der Waals surface area contributed by atoms with Crippen LogP contribution in [0.4, 0.5) is 5.69 Å². The number of benzene rings is 1. The zero-order valence-electron chi connectivity index (χ0n) is 13.4. The first kappa shape index (κ1) is 15.7. The number of carbonyl (C=O) groups excluding carboxylic acids is 2. The van der Waals surface area contributed by atoms with Gasteiger partial charge in [0.25, 0.3) is 11.8 Å². The highest BCUT2D eigenvalue weighted by molar-refractivity contribution is 6.25. The molecule has 0 atom stereocenters. The zero-order valence-corrected chi connectivity index (χ0v) is 13.4. The minimum Gasteiger partial charge on any atom is -0.395 e. The Balaban J connectivity index is 2.14. The third-order valence-corrected chi connectivity index (χ3v) is 4.43. The highest BCUT2D eigenvalue weighted by atomic mass is 16.3. The third kappa shape index (κ3) is 2.65. The molecule has 122 valence electrons. The number of nitrogens with one attached hydrogen (secondary N) is 1. The highest BCUT2D eigenvalue weighted by Gasteiger charge is 2.33. The van der Waals surface area contributed by atoms with Crippen LogP contribution in [-0.4, -0.2) is 41.5 Å². The van der Waals surface area contributed by atoms with Crippen molar-refractivity contribution in [3.05, 3.63) is 28.1 Å². The maximum Gasteiger partial charge on any atom is 0.261 e. The maximum atomic E-state index is 12.7. The van der Waals surface area contributed by atoms with Crippen molar-refractivity contribution in [2.45, 2.75) is 32.6 Å². The van der Waals surface area contributed by atoms with E-state index in [1.807, 2.05) is 13.0 Å². The third-order valence-electron chi connectivity index (χ3n) is 4.43. The molecular formula is C18H22N2O3. The number of imide groups is 1. The fraction of sp³-hybridized carbons (Fsp3) is 0.444. The first-order valence-corrected chi connectivity index (χ1v) is 8.26. The number of unbranched alkanes of at least 4 members (excludes halogenated alkanes) is 1. The van der Waals surface area contributed by atoms with Crippen molar-refractivity contribution in [3.8, 4) is 0 Å². The molecule has 5 nitrogen and oxygen atoms in total. The second-order valence-electron chi connectivity index (χ2n) is 5.94. The Bertz CT molecular complexity index is 767. The van der Waals surface area contributed by atoms with Crippen LogP contribution >= 0.6 is 0 Å². The molecule has 0 fully saturated rings. The van der Waals surface area contributed by atoms with Gasteiger partial charge in [0.05, 0.1) is 6.61 Å². The van der Waals surface area contributed by atoms with E-state index in [0.717, 1.165) is 41.0 Å². The number of amides is 2. The van der Waals surface area contributed by atoms with Gasteiger partial charge in [0.1, 0.15) is 0 Å². The van der Waals surface area contributed by atoms with Crippen LogP contribution in [0, 0.1) is 0 Å². The van der Waals surface area contributed by atoms with Crippen molar-refractivity contribution in [1.82, 2.24) is 4.90 Å². The molecule has 23 heavy (non-hydrogen) atoms. The van der Waals surface area contributed by atoms with Crippen molar-refractivity contribution < 1.29 is 14.7 Å². The summed E-state index contributed by atoms with van der Waals surface area (Å²) in [6.07, 6.45) is 5.32. The summed E-state index contributed by atoms with van der Waals surface area (Å²) in [5, 5.41) is 13.9. The molecule has 1 aliphatic heterocycles. The Hall–Kier alpha value is -2.14. The lowest BCUT2D eigenvalue weighted by Gasteiger charge is -2.28. The van der Waals surface area contributed by atoms with Crippen molar-refractivity contribution >= 4 is 29.2 Å². The van der Waals surface area contributed by atoms with Gasteiger partial charge in [-0.05, 0) is 31.4 Å². The molecule has 1 heterocycles. The van der Waals surface area contributed by atoms with Crippen molar-refractivity contribution in [1.29, 1.82) is 0 Å². The minimum absolute atomic E-state index is 0.0375. The quantitative estimate of drug-likeness (QED) is 0.755. The lowest BCUT2D eigenvalue weighted by molar-refractivity contribution is -0.123. The molecule has 0 bridgehead atoms. The number of aliphatic hydroxyl groups is 1. The van der Waals surface area contributed by atoms with Crippen LogP contribution in [0.2, 0.25) is 0 Å². The van der Waals surface area contributed by atoms with E-state index in [4.69, 9.17) is 5.11 Å². The lowest BCUT2D eigenvalue weighted by atomic mass is 9.90. The topological polar surface area (TPSA) is 69.6 Å². The zero-order chi connectivity index (χ0) is 16.4. The van der Waals surface area contributed by atoms with E-state index in [0.29, 0.717) is 25.1 Å². The first-order valence-electron chi connectivity index (χ1n) is 8.26. The summed E-state index contributed by atoms with van der Waals surface area (Å²) in [5.74, 6) is -0.322. The molecule has 1 aromatic carbocycles. The number of nitrogens with zero attached hydrogens (tertiary/aromatic N) is 1. The van der Waals surface area contributed by atoms with Crippen LogP contribution in [0.15, 0.2) is 12.1 Å². The van der Waals surface area contributed by atoms with Crippen LogP contribution in [0.5, 0.6) is 0 Å². The van der Waals surface area contributed by atoms with Gasteiger partial charge in [0.2, 0.25) is 0 Å². The summed E-state index contributed by atoms with van der Waals surface area (Å²) >= 11 is 0. The van der Waals surface area contributed by atoms with Gasteiger partial charge in [-0.25, -0.2) is 0 Å². The monoisotopic (exact) mass is 314 g/mol. The highest BCUT2D eigenvalue weighted by Crippen LogP contribution is 2.20. The van der Waals surface area contributed by atoms with E-state index in [9.17, 15) is 9.59 Å². The molecular weight excluding hydrogens is 292 g/mol. The molecule has 3 rings (SSSR count). The molecule has 0 saturated carbocycles. The number of aliphatic hydroxyl groups excluding tert-OH is 1. The van der Waals surface area contributed by atoms with Gasteiger partial charge < -0.3 is 10.4 Å². The summed E-state index contributed by atoms with van der Waals surface area (Å²) in [6, 6.07) is 3.67. The molecule has 0 saturated heterocycles. The molecule has 2 N–H and O–H groups in total. The van der Waals surface area contributed by atoms with E-state index >= 15 is 0 Å². The Morgan fingerprint density at radius 1 is 1.26 bits per heavy atom. The van der Waals surface area contributed by atoms with E-state index in [1.165, 1.54) is 4.90 Å². The fourth-order valence-corrected chi connectivity index (χ4v) is 3.30. The van der Waals surface area contributed by atoms with Crippen LogP contribution in [-0.2, 0) is 4.79 Å². The van der Waals surface area contributed by atoms with Crippen LogP contribution in [0.1, 0.15) is 43.0 Å². The van der Waals surface area contributed by atoms with Gasteiger partial charge >= 0.3 is 0 Å². The average Bonchev–Trinajstić information content (AvgIpc) is 2.58. The number of carbonyl (C=O) groups is 2. The molecule has 2 aliphatic rings. The van der Waals surface area contributed by atoms with Crippen molar-refractivity contribution in [2.24, 2.45) is 0 Å². The first-order chi connectivity index (χ1) is 11.2. The van der Waals surface area contributed by atoms with Gasteiger partial charge in [-0.15, -0.1) is 0 Å². The summed E-state index contributed by atoms with van der Waals surface area (Å²) in [7, 11) is 0. The van der Waals surface area contributed by atoms with Crippen molar-refractivity contribution in [3.63, 3.8) is 0 Å². The van der Waals surface area contributed by atoms with E-state index in [2.05, 4.69) is 11.4 Å². The van der Waals surface area contributed by atoms with Gasteiger partial charge in [-0.2, -0.15) is 0 Å². The molecule has 2 amide bonds. The summed E-state index contributed by atoms with van der Waals surface area (Å²) in [5.41, 5.74) is 2.25. The predicted molar refractivity (Wildman–Crippen MR) is 89.3 cm³/mol. The SMILES string of the molecule is CCCCN1C(=O)C2=c3c(ccc(NCCO)c3=CCC2)C1=O. The standard InChI is InChI=1S/C18H22N2O3/c1-2-3-10-20-17(22)13-6-4-5-12-15(19-9-11-21)8-7-14(16(12)13)18(20)23/h5,7-8,19,21H,2-4,6,9-11H2,1H3. The predicted octanol–water partition coefficient (Wildman–Crippen LogP) is 0.598. The molecule has 5 heteroatoms. The van der Waals surface area contributed by atoms with E-state index < -0.39 is 0 Å². The Morgan fingerprint density at radius 2 is 2.09 bits per heavy atom. The number of anilines is 1. The van der Waals surface area contributed by atoms with Gasteiger partial charge in [0, 0.05) is 40.4 Å². The van der Waals surface area contributed by atoms with Gasteiger partial charge in [-0.3, -0.25) is 14.5 Å². The molecule has 0 spiro atoms. The summed E-state index contributed by atoms with van der Waals surface area (Å²) in [4.78, 5) is 26.9. The lowest BCUT2D eigenvalue weighted by Crippen LogP contribution is -2.51. The normalized spacial score (nSPS) is 16.3. The molecule has 1 aromatic rings. The second kappa shape index (κ2) is 6.54. The van der Waals surface area contributed by atoms with Crippen LogP contribution in [0.25, 0.3) is 11.6 Å². The van der Waals surface area contributed by atoms with Gasteiger partial charge in [-0.1, -0.05) is 19.4 Å². The molecule has 0 unspecified atom stereocenters. The smallest absolute Gasteiger partial charge is 0.261 e. The number of rotatable bonds is 6. The van der Waals surface area contributed by atoms with Gasteiger partial charge in [0.15, 0.2) is 0 Å². The second-order valence-corrected chi connectivity index (χ2v) is 5.94. The molecule has 0 aromatic heterocycles. The minimum atomic E-state index is -0.188.